The van der Waals surface area contributed by atoms with E-state index >= 15 is 0 Å². The van der Waals surface area contributed by atoms with Crippen LogP contribution in [0, 0.1) is 15.9 Å². The molecule has 0 unspecified atom stereocenters. The summed E-state index contributed by atoms with van der Waals surface area (Å²) < 4.78 is 60.7. The number of hydrogen-bond acceptors (Lipinski definition) is 4. The zero-order valence-electron chi connectivity index (χ0n) is 14.1. The van der Waals surface area contributed by atoms with Crippen molar-refractivity contribution in [3.8, 4) is 11.5 Å². The lowest BCUT2D eigenvalue weighted by Gasteiger charge is -2.31. The standard InChI is InChI=1S/C18H16F4N2O3/c19-12-6-2-3-7-14(12)27-15-9-8-13(24(25)26)17(16(15)18(20,21)22)23-10-4-1-5-11-23/h2-3,6-9H,1,4-5,10-11H2. The number of halogens is 4. The molecule has 9 heteroatoms. The molecule has 1 heterocycles. The summed E-state index contributed by atoms with van der Waals surface area (Å²) in [5, 5.41) is 11.4. The molecule has 2 aromatic rings. The second kappa shape index (κ2) is 7.42. The van der Waals surface area contributed by atoms with E-state index in [-0.39, 0.29) is 18.8 Å². The van der Waals surface area contributed by atoms with Gasteiger partial charge >= 0.3 is 6.18 Å². The highest BCUT2D eigenvalue weighted by Gasteiger charge is 2.43. The molecule has 0 bridgehead atoms. The average Bonchev–Trinajstić information content (AvgIpc) is 2.63. The van der Waals surface area contributed by atoms with Crippen molar-refractivity contribution in [2.24, 2.45) is 0 Å². The monoisotopic (exact) mass is 384 g/mol. The number of ether oxygens (including phenoxy) is 1. The van der Waals surface area contributed by atoms with Gasteiger partial charge in [-0.05, 0) is 37.5 Å². The van der Waals surface area contributed by atoms with E-state index < -0.39 is 39.6 Å². The third-order valence-corrected chi connectivity index (χ3v) is 4.33. The summed E-state index contributed by atoms with van der Waals surface area (Å²) in [4.78, 5) is 11.9. The Bertz CT molecular complexity index is 849. The van der Waals surface area contributed by atoms with Gasteiger partial charge in [0.1, 0.15) is 17.0 Å². The summed E-state index contributed by atoms with van der Waals surface area (Å²) in [6, 6.07) is 6.87. The number of hydrogen-bond donors (Lipinski definition) is 0. The molecule has 0 atom stereocenters. The van der Waals surface area contributed by atoms with Gasteiger partial charge in [0.05, 0.1) is 4.92 Å². The molecule has 0 aliphatic carbocycles. The third-order valence-electron chi connectivity index (χ3n) is 4.33. The summed E-state index contributed by atoms with van der Waals surface area (Å²) >= 11 is 0. The Morgan fingerprint density at radius 3 is 2.26 bits per heavy atom. The number of benzene rings is 2. The lowest BCUT2D eigenvalue weighted by Crippen LogP contribution is -2.32. The molecular formula is C18H16F4N2O3. The molecule has 0 N–H and O–H groups in total. The lowest BCUT2D eigenvalue weighted by atomic mass is 10.0. The van der Waals surface area contributed by atoms with Gasteiger partial charge in [0.2, 0.25) is 0 Å². The number of nitrogens with zero attached hydrogens (tertiary/aromatic N) is 2. The summed E-state index contributed by atoms with van der Waals surface area (Å²) in [6.07, 6.45) is -2.81. The highest BCUT2D eigenvalue weighted by atomic mass is 19.4. The van der Waals surface area contributed by atoms with Crippen LogP contribution in [0.5, 0.6) is 11.5 Å². The number of piperidine rings is 1. The quantitative estimate of drug-likeness (QED) is 0.395. The molecule has 144 valence electrons. The number of nitro groups is 1. The maximum atomic E-state index is 13.9. The molecule has 1 fully saturated rings. The maximum Gasteiger partial charge on any atom is 0.422 e. The van der Waals surface area contributed by atoms with Crippen molar-refractivity contribution in [1.29, 1.82) is 0 Å². The Labute approximate surface area is 152 Å². The highest BCUT2D eigenvalue weighted by Crippen LogP contribution is 2.48. The second-order valence-corrected chi connectivity index (χ2v) is 6.14. The third kappa shape index (κ3) is 3.96. The van der Waals surface area contributed by atoms with Gasteiger partial charge in [-0.15, -0.1) is 0 Å². The predicted octanol–water partition coefficient (Wildman–Crippen LogP) is 5.54. The fourth-order valence-electron chi connectivity index (χ4n) is 3.15. The zero-order valence-corrected chi connectivity index (χ0v) is 14.1. The molecule has 0 saturated carbocycles. The first kappa shape index (κ1) is 18.9. The SMILES string of the molecule is O=[N+]([O-])c1ccc(Oc2ccccc2F)c(C(F)(F)F)c1N1CCCCC1. The molecule has 3 rings (SSSR count). The largest absolute Gasteiger partial charge is 0.454 e. The van der Waals surface area contributed by atoms with Gasteiger partial charge in [0, 0.05) is 19.2 Å². The molecule has 1 aliphatic rings. The maximum absolute atomic E-state index is 13.9. The minimum Gasteiger partial charge on any atom is -0.454 e. The van der Waals surface area contributed by atoms with Crippen molar-refractivity contribution in [3.63, 3.8) is 0 Å². The number of para-hydroxylation sites is 1. The van der Waals surface area contributed by atoms with E-state index in [9.17, 15) is 27.7 Å². The molecule has 0 spiro atoms. The first-order chi connectivity index (χ1) is 12.8. The minimum atomic E-state index is -4.92. The molecule has 0 aromatic heterocycles. The smallest absolute Gasteiger partial charge is 0.422 e. The summed E-state index contributed by atoms with van der Waals surface area (Å²) in [6.45, 7) is 0.542. The van der Waals surface area contributed by atoms with Crippen molar-refractivity contribution in [2.75, 3.05) is 18.0 Å². The lowest BCUT2D eigenvalue weighted by molar-refractivity contribution is -0.384. The van der Waals surface area contributed by atoms with Crippen LogP contribution in [0.3, 0.4) is 0 Å². The molecule has 0 radical (unpaired) electrons. The van der Waals surface area contributed by atoms with Crippen molar-refractivity contribution in [3.05, 3.63) is 57.9 Å². The second-order valence-electron chi connectivity index (χ2n) is 6.14. The van der Waals surface area contributed by atoms with E-state index in [0.717, 1.165) is 24.6 Å². The fraction of sp³-hybridized carbons (Fsp3) is 0.333. The summed E-state index contributed by atoms with van der Waals surface area (Å²) in [7, 11) is 0. The molecule has 27 heavy (non-hydrogen) atoms. The molecule has 1 aliphatic heterocycles. The Morgan fingerprint density at radius 1 is 1.00 bits per heavy atom. The van der Waals surface area contributed by atoms with Gasteiger partial charge in [-0.1, -0.05) is 12.1 Å². The van der Waals surface area contributed by atoms with Crippen LogP contribution < -0.4 is 9.64 Å². The number of alkyl halides is 3. The first-order valence-corrected chi connectivity index (χ1v) is 8.35. The van der Waals surface area contributed by atoms with E-state index in [4.69, 9.17) is 4.74 Å². The number of rotatable bonds is 4. The van der Waals surface area contributed by atoms with Crippen LogP contribution in [0.15, 0.2) is 36.4 Å². The highest BCUT2D eigenvalue weighted by molar-refractivity contribution is 5.73. The van der Waals surface area contributed by atoms with E-state index in [1.165, 1.54) is 23.1 Å². The average molecular weight is 384 g/mol. The topological polar surface area (TPSA) is 55.6 Å². The van der Waals surface area contributed by atoms with E-state index in [1.54, 1.807) is 0 Å². The van der Waals surface area contributed by atoms with Gasteiger partial charge in [-0.2, -0.15) is 13.2 Å². The molecular weight excluding hydrogens is 368 g/mol. The van der Waals surface area contributed by atoms with Gasteiger partial charge < -0.3 is 9.64 Å². The molecule has 0 amide bonds. The minimum absolute atomic E-state index is 0.271. The van der Waals surface area contributed by atoms with Crippen molar-refractivity contribution in [2.45, 2.75) is 25.4 Å². The van der Waals surface area contributed by atoms with Crippen LogP contribution in [-0.2, 0) is 6.18 Å². The van der Waals surface area contributed by atoms with Crippen molar-refractivity contribution < 1.29 is 27.2 Å². The van der Waals surface area contributed by atoms with E-state index in [0.29, 0.717) is 12.8 Å². The van der Waals surface area contributed by atoms with Crippen LogP contribution in [0.4, 0.5) is 28.9 Å². The van der Waals surface area contributed by atoms with E-state index in [1.807, 2.05) is 0 Å². The van der Waals surface area contributed by atoms with E-state index in [2.05, 4.69) is 0 Å². The van der Waals surface area contributed by atoms with Crippen LogP contribution >= 0.6 is 0 Å². The fourth-order valence-corrected chi connectivity index (χ4v) is 3.15. The van der Waals surface area contributed by atoms with Gasteiger partial charge in [-0.25, -0.2) is 4.39 Å². The van der Waals surface area contributed by atoms with Gasteiger partial charge in [0.15, 0.2) is 11.6 Å². The van der Waals surface area contributed by atoms with Crippen LogP contribution in [-0.4, -0.2) is 18.0 Å². The first-order valence-electron chi connectivity index (χ1n) is 8.35. The Morgan fingerprint density at radius 2 is 1.67 bits per heavy atom. The number of nitro benzene ring substituents is 1. The number of anilines is 1. The Balaban J connectivity index is 2.19. The molecule has 2 aromatic carbocycles. The van der Waals surface area contributed by atoms with Crippen molar-refractivity contribution >= 4 is 11.4 Å². The summed E-state index contributed by atoms with van der Waals surface area (Å²) in [5.74, 6) is -1.89. The Hall–Kier alpha value is -2.84. The van der Waals surface area contributed by atoms with Crippen LogP contribution in [0.2, 0.25) is 0 Å². The molecule has 1 saturated heterocycles. The van der Waals surface area contributed by atoms with Crippen LogP contribution in [0.1, 0.15) is 24.8 Å². The normalized spacial score (nSPS) is 14.9. The van der Waals surface area contributed by atoms with Gasteiger partial charge in [0.25, 0.3) is 5.69 Å². The molecule has 5 nitrogen and oxygen atoms in total. The zero-order chi connectivity index (χ0) is 19.6. The van der Waals surface area contributed by atoms with Crippen LogP contribution in [0.25, 0.3) is 0 Å². The predicted molar refractivity (Wildman–Crippen MR) is 90.6 cm³/mol. The summed E-state index contributed by atoms with van der Waals surface area (Å²) in [5.41, 5.74) is -2.44. The van der Waals surface area contributed by atoms with Crippen molar-refractivity contribution in [1.82, 2.24) is 0 Å². The van der Waals surface area contributed by atoms with Gasteiger partial charge in [-0.3, -0.25) is 10.1 Å². The Kier molecular flexibility index (Phi) is 5.20.